The van der Waals surface area contributed by atoms with Gasteiger partial charge in [0.05, 0.1) is 6.42 Å². The van der Waals surface area contributed by atoms with Crippen molar-refractivity contribution in [2.75, 3.05) is 33.2 Å². The maximum Gasteiger partial charge on any atom is 0.326 e. The normalized spacial score (nSPS) is 18.5. The van der Waals surface area contributed by atoms with E-state index >= 15 is 0 Å². The highest BCUT2D eigenvalue weighted by Gasteiger charge is 2.25. The van der Waals surface area contributed by atoms with E-state index in [1.54, 1.807) is 4.90 Å². The van der Waals surface area contributed by atoms with Crippen molar-refractivity contribution in [2.45, 2.75) is 18.9 Å². The molecule has 1 atom stereocenters. The first-order chi connectivity index (χ1) is 8.90. The number of carboxylic acid groups (broad SMARTS) is 1. The maximum absolute atomic E-state index is 11.9. The molecule has 0 aromatic heterocycles. The monoisotopic (exact) mass is 272 g/mol. The van der Waals surface area contributed by atoms with Crippen LogP contribution in [0.15, 0.2) is 0 Å². The number of aliphatic carboxylic acids is 1. The van der Waals surface area contributed by atoms with Gasteiger partial charge in [0.15, 0.2) is 0 Å². The minimum atomic E-state index is -1.27. The Morgan fingerprint density at radius 3 is 2.53 bits per heavy atom. The van der Waals surface area contributed by atoms with Gasteiger partial charge in [-0.05, 0) is 20.0 Å². The molecule has 1 rings (SSSR count). The highest BCUT2D eigenvalue weighted by Crippen LogP contribution is 2.02. The predicted molar refractivity (Wildman–Crippen MR) is 67.5 cm³/mol. The molecule has 0 spiro atoms. The van der Waals surface area contributed by atoms with Crippen molar-refractivity contribution < 1.29 is 19.5 Å². The van der Waals surface area contributed by atoms with Crippen molar-refractivity contribution >= 4 is 17.9 Å². The van der Waals surface area contributed by atoms with Gasteiger partial charge in [0.1, 0.15) is 6.04 Å². The van der Waals surface area contributed by atoms with Crippen molar-refractivity contribution in [2.24, 2.45) is 5.73 Å². The van der Waals surface area contributed by atoms with Crippen LogP contribution < -0.4 is 11.1 Å². The molecule has 0 aromatic rings. The average Bonchev–Trinajstić information content (AvgIpc) is 2.52. The molecule has 1 aliphatic rings. The molecule has 0 bridgehead atoms. The molecule has 0 aliphatic carbocycles. The molecular formula is C11H20N4O4. The third kappa shape index (κ3) is 5.12. The number of carboxylic acids is 1. The number of nitrogens with two attached hydrogens (primary N) is 1. The first kappa shape index (κ1) is 15.2. The number of likely N-dealkylation sites (N-methyl/N-ethyl adjacent to an activating group) is 1. The summed E-state index contributed by atoms with van der Waals surface area (Å²) in [6, 6.07) is -1.74. The number of nitrogens with one attached hydrogen (secondary N) is 1. The van der Waals surface area contributed by atoms with Gasteiger partial charge in [0, 0.05) is 19.6 Å². The summed E-state index contributed by atoms with van der Waals surface area (Å²) in [5.41, 5.74) is 4.95. The van der Waals surface area contributed by atoms with Gasteiger partial charge in [0.2, 0.25) is 5.91 Å². The Morgan fingerprint density at radius 1 is 1.26 bits per heavy atom. The molecule has 8 nitrogen and oxygen atoms in total. The Morgan fingerprint density at radius 2 is 1.95 bits per heavy atom. The first-order valence-corrected chi connectivity index (χ1v) is 6.15. The van der Waals surface area contributed by atoms with Gasteiger partial charge in [0.25, 0.3) is 0 Å². The molecule has 0 aromatic carbocycles. The van der Waals surface area contributed by atoms with Crippen molar-refractivity contribution in [1.82, 2.24) is 15.1 Å². The Hall–Kier alpha value is -1.83. The van der Waals surface area contributed by atoms with Crippen molar-refractivity contribution in [1.29, 1.82) is 0 Å². The van der Waals surface area contributed by atoms with Crippen LogP contribution in [0.1, 0.15) is 12.8 Å². The molecule has 19 heavy (non-hydrogen) atoms. The molecule has 1 unspecified atom stereocenters. The number of nitrogens with zero attached hydrogens (tertiary/aromatic N) is 2. The standard InChI is InChI=1S/C11H20N4O4/c1-14-3-2-4-15(6-5-14)11(19)13-8(10(17)18)7-9(12)16/h8H,2-7H2,1H3,(H2,12,16)(H,13,19)(H,17,18). The minimum Gasteiger partial charge on any atom is -0.480 e. The van der Waals surface area contributed by atoms with Crippen LogP contribution in [0.3, 0.4) is 0 Å². The summed E-state index contributed by atoms with van der Waals surface area (Å²) >= 11 is 0. The van der Waals surface area contributed by atoms with Crippen molar-refractivity contribution in [3.8, 4) is 0 Å². The maximum atomic E-state index is 11.9. The summed E-state index contributed by atoms with van der Waals surface area (Å²) in [5, 5.41) is 11.2. The van der Waals surface area contributed by atoms with Crippen LogP contribution in [-0.4, -0.2) is 72.1 Å². The van der Waals surface area contributed by atoms with E-state index < -0.39 is 30.4 Å². The summed E-state index contributed by atoms with van der Waals surface area (Å²) < 4.78 is 0. The van der Waals surface area contributed by atoms with E-state index in [2.05, 4.69) is 10.2 Å². The second kappa shape index (κ2) is 6.93. The lowest BCUT2D eigenvalue weighted by Crippen LogP contribution is -2.50. The highest BCUT2D eigenvalue weighted by molar-refractivity contribution is 5.87. The summed E-state index contributed by atoms with van der Waals surface area (Å²) in [6.45, 7) is 2.73. The van der Waals surface area contributed by atoms with E-state index in [-0.39, 0.29) is 0 Å². The molecule has 1 fully saturated rings. The molecule has 4 N–H and O–H groups in total. The van der Waals surface area contributed by atoms with E-state index in [9.17, 15) is 14.4 Å². The smallest absolute Gasteiger partial charge is 0.326 e. The van der Waals surface area contributed by atoms with E-state index in [1.165, 1.54) is 0 Å². The van der Waals surface area contributed by atoms with Gasteiger partial charge in [-0.2, -0.15) is 0 Å². The van der Waals surface area contributed by atoms with Crippen LogP contribution in [0, 0.1) is 0 Å². The largest absolute Gasteiger partial charge is 0.480 e. The van der Waals surface area contributed by atoms with E-state index in [1.807, 2.05) is 7.05 Å². The zero-order valence-electron chi connectivity index (χ0n) is 11.0. The van der Waals surface area contributed by atoms with Crippen LogP contribution in [0.2, 0.25) is 0 Å². The third-order valence-corrected chi connectivity index (χ3v) is 3.01. The van der Waals surface area contributed by atoms with Crippen LogP contribution in [0.25, 0.3) is 0 Å². The Bertz CT molecular complexity index is 361. The Balaban J connectivity index is 2.55. The Labute approximate surface area is 111 Å². The molecule has 108 valence electrons. The first-order valence-electron chi connectivity index (χ1n) is 6.15. The van der Waals surface area contributed by atoms with Crippen LogP contribution in [0.4, 0.5) is 4.79 Å². The zero-order chi connectivity index (χ0) is 14.4. The van der Waals surface area contributed by atoms with Gasteiger partial charge in [-0.15, -0.1) is 0 Å². The lowest BCUT2D eigenvalue weighted by atomic mass is 10.2. The predicted octanol–water partition coefficient (Wildman–Crippen LogP) is -1.34. The molecule has 1 aliphatic heterocycles. The third-order valence-electron chi connectivity index (χ3n) is 3.01. The molecule has 0 radical (unpaired) electrons. The van der Waals surface area contributed by atoms with Gasteiger partial charge in [-0.1, -0.05) is 0 Å². The summed E-state index contributed by atoms with van der Waals surface area (Å²) in [4.78, 5) is 37.3. The average molecular weight is 272 g/mol. The fourth-order valence-corrected chi connectivity index (χ4v) is 1.89. The number of carbonyl (C=O) groups is 3. The number of urea groups is 1. The summed E-state index contributed by atoms with van der Waals surface area (Å²) in [5.74, 6) is -2.03. The number of hydrogen-bond donors (Lipinski definition) is 3. The quantitative estimate of drug-likeness (QED) is 0.586. The molecule has 0 saturated carbocycles. The lowest BCUT2D eigenvalue weighted by Gasteiger charge is -2.23. The van der Waals surface area contributed by atoms with Crippen LogP contribution in [0.5, 0.6) is 0 Å². The zero-order valence-corrected chi connectivity index (χ0v) is 11.0. The van der Waals surface area contributed by atoms with Gasteiger partial charge in [-0.25, -0.2) is 9.59 Å². The topological polar surface area (TPSA) is 116 Å². The van der Waals surface area contributed by atoms with Crippen molar-refractivity contribution in [3.63, 3.8) is 0 Å². The van der Waals surface area contributed by atoms with Gasteiger partial charge < -0.3 is 26.0 Å². The number of carbonyl (C=O) groups excluding carboxylic acids is 2. The summed E-state index contributed by atoms with van der Waals surface area (Å²) in [7, 11) is 1.97. The number of primary amides is 1. The van der Waals surface area contributed by atoms with Gasteiger partial charge >= 0.3 is 12.0 Å². The Kier molecular flexibility index (Phi) is 5.56. The summed E-state index contributed by atoms with van der Waals surface area (Å²) in [6.07, 6.45) is 0.423. The fourth-order valence-electron chi connectivity index (χ4n) is 1.89. The highest BCUT2D eigenvalue weighted by atomic mass is 16.4. The molecule has 8 heteroatoms. The second-order valence-electron chi connectivity index (χ2n) is 4.65. The lowest BCUT2D eigenvalue weighted by molar-refractivity contribution is -0.140. The molecule has 3 amide bonds. The fraction of sp³-hybridized carbons (Fsp3) is 0.727. The van der Waals surface area contributed by atoms with Crippen molar-refractivity contribution in [3.05, 3.63) is 0 Å². The molecule has 1 saturated heterocycles. The minimum absolute atomic E-state index is 0.408. The number of rotatable bonds is 4. The van der Waals surface area contributed by atoms with Gasteiger partial charge in [-0.3, -0.25) is 4.79 Å². The number of hydrogen-bond acceptors (Lipinski definition) is 4. The van der Waals surface area contributed by atoms with Crippen LogP contribution in [-0.2, 0) is 9.59 Å². The van der Waals surface area contributed by atoms with E-state index in [0.29, 0.717) is 13.1 Å². The second-order valence-corrected chi connectivity index (χ2v) is 4.65. The molecule has 1 heterocycles. The molecular weight excluding hydrogens is 252 g/mol. The van der Waals surface area contributed by atoms with Crippen LogP contribution >= 0.6 is 0 Å². The number of amides is 3. The van der Waals surface area contributed by atoms with E-state index in [0.717, 1.165) is 19.5 Å². The van der Waals surface area contributed by atoms with E-state index in [4.69, 9.17) is 10.8 Å². The SMILES string of the molecule is CN1CCCN(C(=O)NC(CC(N)=O)C(=O)O)CC1.